The topological polar surface area (TPSA) is 65.1 Å². The SMILES string of the molecule is COc1ccc([C@H]2CC(=O)N(c3cccc(Cl)c3)C3=C2C(=O)OC3)c(OC)c1. The maximum absolute atomic E-state index is 13.1. The number of methoxy groups -OCH3 is 2. The van der Waals surface area contributed by atoms with E-state index in [-0.39, 0.29) is 18.9 Å². The number of carbonyl (C=O) groups is 2. The van der Waals surface area contributed by atoms with Gasteiger partial charge in [0.1, 0.15) is 18.1 Å². The van der Waals surface area contributed by atoms with Crippen molar-refractivity contribution >= 4 is 29.2 Å². The Morgan fingerprint density at radius 3 is 2.64 bits per heavy atom. The van der Waals surface area contributed by atoms with Crippen LogP contribution >= 0.6 is 11.6 Å². The summed E-state index contributed by atoms with van der Waals surface area (Å²) in [6, 6.07) is 12.3. The van der Waals surface area contributed by atoms with Crippen molar-refractivity contribution in [3.8, 4) is 11.5 Å². The molecule has 2 aliphatic rings. The molecule has 28 heavy (non-hydrogen) atoms. The number of amides is 1. The van der Waals surface area contributed by atoms with E-state index in [0.29, 0.717) is 33.5 Å². The van der Waals surface area contributed by atoms with Crippen LogP contribution in [0.25, 0.3) is 0 Å². The van der Waals surface area contributed by atoms with E-state index in [1.165, 1.54) is 4.90 Å². The molecule has 0 aromatic heterocycles. The maximum Gasteiger partial charge on any atom is 0.336 e. The smallest absolute Gasteiger partial charge is 0.336 e. The molecule has 0 spiro atoms. The Bertz CT molecular complexity index is 1000. The van der Waals surface area contributed by atoms with Crippen molar-refractivity contribution in [3.05, 3.63) is 64.3 Å². The van der Waals surface area contributed by atoms with E-state index in [1.54, 1.807) is 50.6 Å². The van der Waals surface area contributed by atoms with Gasteiger partial charge in [0, 0.05) is 29.0 Å². The van der Waals surface area contributed by atoms with Gasteiger partial charge in [0.15, 0.2) is 0 Å². The zero-order chi connectivity index (χ0) is 19.8. The van der Waals surface area contributed by atoms with Crippen LogP contribution in [0.5, 0.6) is 11.5 Å². The van der Waals surface area contributed by atoms with E-state index in [9.17, 15) is 9.59 Å². The molecule has 0 unspecified atom stereocenters. The van der Waals surface area contributed by atoms with E-state index in [2.05, 4.69) is 0 Å². The predicted molar refractivity (Wildman–Crippen MR) is 104 cm³/mol. The third-order valence-corrected chi connectivity index (χ3v) is 5.23. The number of nitrogens with zero attached hydrogens (tertiary/aromatic N) is 1. The van der Waals surface area contributed by atoms with Gasteiger partial charge in [-0.15, -0.1) is 0 Å². The summed E-state index contributed by atoms with van der Waals surface area (Å²) < 4.78 is 16.0. The van der Waals surface area contributed by atoms with E-state index in [1.807, 2.05) is 6.07 Å². The molecule has 7 heteroatoms. The number of hydrogen-bond donors (Lipinski definition) is 0. The van der Waals surface area contributed by atoms with Crippen LogP contribution in [0.15, 0.2) is 53.7 Å². The summed E-state index contributed by atoms with van der Waals surface area (Å²) >= 11 is 6.10. The fourth-order valence-electron chi connectivity index (χ4n) is 3.74. The van der Waals surface area contributed by atoms with Gasteiger partial charge in [0.25, 0.3) is 0 Å². The Labute approximate surface area is 167 Å². The monoisotopic (exact) mass is 399 g/mol. The second kappa shape index (κ2) is 7.20. The molecule has 0 saturated carbocycles. The molecule has 0 radical (unpaired) electrons. The van der Waals surface area contributed by atoms with Gasteiger partial charge in [-0.2, -0.15) is 0 Å². The largest absolute Gasteiger partial charge is 0.497 e. The Kier molecular flexibility index (Phi) is 4.73. The summed E-state index contributed by atoms with van der Waals surface area (Å²) in [7, 11) is 3.11. The van der Waals surface area contributed by atoms with Crippen molar-refractivity contribution in [2.75, 3.05) is 25.7 Å². The van der Waals surface area contributed by atoms with Crippen molar-refractivity contribution in [1.29, 1.82) is 0 Å². The quantitative estimate of drug-likeness (QED) is 0.733. The van der Waals surface area contributed by atoms with E-state index >= 15 is 0 Å². The minimum Gasteiger partial charge on any atom is -0.497 e. The van der Waals surface area contributed by atoms with Crippen LogP contribution in [0.2, 0.25) is 5.02 Å². The Hall–Kier alpha value is -2.99. The van der Waals surface area contributed by atoms with E-state index in [0.717, 1.165) is 5.56 Å². The molecule has 0 N–H and O–H groups in total. The van der Waals surface area contributed by atoms with Crippen LogP contribution in [-0.2, 0) is 14.3 Å². The Balaban J connectivity index is 1.84. The lowest BCUT2D eigenvalue weighted by Gasteiger charge is -2.32. The van der Waals surface area contributed by atoms with Crippen molar-refractivity contribution < 1.29 is 23.8 Å². The molecule has 1 amide bonds. The van der Waals surface area contributed by atoms with E-state index in [4.69, 9.17) is 25.8 Å². The van der Waals surface area contributed by atoms with Gasteiger partial charge in [-0.05, 0) is 24.3 Å². The number of carbonyl (C=O) groups excluding carboxylic acids is 2. The average Bonchev–Trinajstić information content (AvgIpc) is 3.08. The lowest BCUT2D eigenvalue weighted by molar-refractivity contribution is -0.136. The van der Waals surface area contributed by atoms with Crippen LogP contribution < -0.4 is 14.4 Å². The van der Waals surface area contributed by atoms with Gasteiger partial charge in [0.05, 0.1) is 31.2 Å². The van der Waals surface area contributed by atoms with Gasteiger partial charge in [-0.1, -0.05) is 23.7 Å². The molecule has 2 heterocycles. The van der Waals surface area contributed by atoms with Gasteiger partial charge < -0.3 is 14.2 Å². The fourth-order valence-corrected chi connectivity index (χ4v) is 3.93. The highest BCUT2D eigenvalue weighted by Crippen LogP contribution is 2.45. The molecule has 0 bridgehead atoms. The predicted octanol–water partition coefficient (Wildman–Crippen LogP) is 3.69. The highest BCUT2D eigenvalue weighted by molar-refractivity contribution is 6.31. The number of cyclic esters (lactones) is 1. The Morgan fingerprint density at radius 2 is 1.93 bits per heavy atom. The molecular weight excluding hydrogens is 382 g/mol. The van der Waals surface area contributed by atoms with Crippen LogP contribution in [0, 0.1) is 0 Å². The van der Waals surface area contributed by atoms with Gasteiger partial charge in [-0.25, -0.2) is 4.79 Å². The highest BCUT2D eigenvalue weighted by Gasteiger charge is 2.43. The molecule has 0 saturated heterocycles. The molecule has 2 aromatic carbocycles. The molecular formula is C21H18ClNO5. The van der Waals surface area contributed by atoms with E-state index < -0.39 is 11.9 Å². The summed E-state index contributed by atoms with van der Waals surface area (Å²) in [6.07, 6.45) is 0.114. The lowest BCUT2D eigenvalue weighted by atomic mass is 9.83. The molecule has 4 rings (SSSR count). The molecule has 1 atom stereocenters. The van der Waals surface area contributed by atoms with Gasteiger partial charge in [-0.3, -0.25) is 9.69 Å². The number of anilines is 1. The van der Waals surface area contributed by atoms with Gasteiger partial charge >= 0.3 is 5.97 Å². The third-order valence-electron chi connectivity index (χ3n) is 5.00. The number of halogens is 1. The minimum absolute atomic E-state index is 0.0430. The number of rotatable bonds is 4. The third kappa shape index (κ3) is 2.99. The molecule has 6 nitrogen and oxygen atoms in total. The first-order valence-electron chi connectivity index (χ1n) is 8.74. The number of esters is 1. The molecule has 0 fully saturated rings. The lowest BCUT2D eigenvalue weighted by Crippen LogP contribution is -2.37. The zero-order valence-electron chi connectivity index (χ0n) is 15.4. The minimum atomic E-state index is -0.450. The van der Waals surface area contributed by atoms with Crippen LogP contribution in [0.4, 0.5) is 5.69 Å². The zero-order valence-corrected chi connectivity index (χ0v) is 16.2. The second-order valence-electron chi connectivity index (χ2n) is 6.51. The van der Waals surface area contributed by atoms with Crippen LogP contribution in [0.3, 0.4) is 0 Å². The summed E-state index contributed by atoms with van der Waals surface area (Å²) in [5.41, 5.74) is 2.38. The first-order chi connectivity index (χ1) is 13.5. The summed E-state index contributed by atoms with van der Waals surface area (Å²) in [6.45, 7) is 0.0430. The molecule has 2 aromatic rings. The van der Waals surface area contributed by atoms with Crippen LogP contribution in [0.1, 0.15) is 17.9 Å². The first-order valence-corrected chi connectivity index (χ1v) is 9.12. The number of hydrogen-bond acceptors (Lipinski definition) is 5. The molecule has 2 aliphatic heterocycles. The average molecular weight is 400 g/mol. The van der Waals surface area contributed by atoms with Gasteiger partial charge in [0.2, 0.25) is 5.91 Å². The molecule has 144 valence electrons. The van der Waals surface area contributed by atoms with Crippen molar-refractivity contribution in [2.45, 2.75) is 12.3 Å². The maximum atomic E-state index is 13.1. The highest BCUT2D eigenvalue weighted by atomic mass is 35.5. The summed E-state index contributed by atoms with van der Waals surface area (Å²) in [5.74, 6) is 0.180. The summed E-state index contributed by atoms with van der Waals surface area (Å²) in [4.78, 5) is 27.2. The van der Waals surface area contributed by atoms with Crippen molar-refractivity contribution in [3.63, 3.8) is 0 Å². The fraction of sp³-hybridized carbons (Fsp3) is 0.238. The van der Waals surface area contributed by atoms with Crippen molar-refractivity contribution in [1.82, 2.24) is 0 Å². The standard InChI is InChI=1S/C21H18ClNO5/c1-26-14-6-7-15(18(9-14)27-2)16-10-19(24)23(13-5-3-4-12(22)8-13)17-11-28-21(25)20(16)17/h3-9,16H,10-11H2,1-2H3/t16-/m1/s1. The summed E-state index contributed by atoms with van der Waals surface area (Å²) in [5, 5.41) is 0.511. The Morgan fingerprint density at radius 1 is 1.11 bits per heavy atom. The number of ether oxygens (including phenoxy) is 3. The molecule has 0 aliphatic carbocycles. The number of benzene rings is 2. The van der Waals surface area contributed by atoms with Crippen molar-refractivity contribution in [2.24, 2.45) is 0 Å². The van der Waals surface area contributed by atoms with Crippen LogP contribution in [-0.4, -0.2) is 32.7 Å². The second-order valence-corrected chi connectivity index (χ2v) is 6.95. The normalized spacial score (nSPS) is 18.8. The first kappa shape index (κ1) is 18.4.